The Balaban J connectivity index is 1.33. The van der Waals surface area contributed by atoms with Crippen LogP contribution in [0.2, 0.25) is 0 Å². The third kappa shape index (κ3) is 3.71. The Morgan fingerprint density at radius 1 is 1.16 bits per heavy atom. The van der Waals surface area contributed by atoms with Crippen molar-refractivity contribution < 1.29 is 9.53 Å². The van der Waals surface area contributed by atoms with Crippen molar-refractivity contribution in [3.63, 3.8) is 0 Å². The number of ether oxygens (including phenoxy) is 1. The Kier molecular flexibility index (Phi) is 5.01. The molecule has 3 fully saturated rings. The topological polar surface area (TPSA) is 48.9 Å². The highest BCUT2D eigenvalue weighted by molar-refractivity contribution is 5.81. The van der Waals surface area contributed by atoms with E-state index >= 15 is 0 Å². The first-order valence-corrected chi connectivity index (χ1v) is 9.47. The predicted octanol–water partition coefficient (Wildman–Crippen LogP) is 0.977. The van der Waals surface area contributed by atoms with E-state index in [2.05, 4.69) is 27.9 Å². The smallest absolute Gasteiger partial charge is 0.251 e. The van der Waals surface area contributed by atoms with Crippen LogP contribution in [0.25, 0.3) is 0 Å². The number of amides is 1. The molecule has 0 N–H and O–H groups in total. The zero-order chi connectivity index (χ0) is 17.2. The molecule has 4 rings (SSSR count). The predicted molar refractivity (Wildman–Crippen MR) is 95.0 cm³/mol. The maximum atomic E-state index is 12.8. The molecule has 6 heteroatoms. The van der Waals surface area contributed by atoms with Crippen molar-refractivity contribution in [2.45, 2.75) is 44.1 Å². The lowest BCUT2D eigenvalue weighted by Crippen LogP contribution is -2.53. The molecule has 1 aromatic heterocycles. The Hall–Kier alpha value is -1.50. The van der Waals surface area contributed by atoms with Gasteiger partial charge in [0, 0.05) is 51.5 Å². The summed E-state index contributed by atoms with van der Waals surface area (Å²) in [6.45, 7) is 5.48. The molecule has 4 heterocycles. The Morgan fingerprint density at radius 3 is 2.76 bits per heavy atom. The molecule has 1 aromatic rings. The van der Waals surface area contributed by atoms with E-state index in [1.807, 2.05) is 23.2 Å². The maximum Gasteiger partial charge on any atom is 0.251 e. The van der Waals surface area contributed by atoms with Gasteiger partial charge in [-0.1, -0.05) is 6.07 Å². The number of piperazine rings is 1. The molecule has 3 atom stereocenters. The van der Waals surface area contributed by atoms with Crippen molar-refractivity contribution in [3.8, 4) is 0 Å². The van der Waals surface area contributed by atoms with Crippen LogP contribution in [0.15, 0.2) is 24.4 Å². The van der Waals surface area contributed by atoms with Gasteiger partial charge in [-0.25, -0.2) is 0 Å². The van der Waals surface area contributed by atoms with Crippen LogP contribution >= 0.6 is 0 Å². The van der Waals surface area contributed by atoms with Gasteiger partial charge < -0.3 is 14.5 Å². The Morgan fingerprint density at radius 2 is 2.00 bits per heavy atom. The van der Waals surface area contributed by atoms with E-state index in [4.69, 9.17) is 4.74 Å². The zero-order valence-electron chi connectivity index (χ0n) is 15.0. The normalized spacial score (nSPS) is 31.1. The fraction of sp³-hybridized carbons (Fsp3) is 0.684. The molecular formula is C19H28N4O2. The number of pyridine rings is 1. The van der Waals surface area contributed by atoms with Gasteiger partial charge in [0.05, 0.1) is 11.8 Å². The minimum absolute atomic E-state index is 0.193. The third-order valence-electron chi connectivity index (χ3n) is 5.84. The molecule has 136 valence electrons. The fourth-order valence-electron chi connectivity index (χ4n) is 4.32. The minimum Gasteiger partial charge on any atom is -0.363 e. The van der Waals surface area contributed by atoms with Gasteiger partial charge in [0.1, 0.15) is 6.10 Å². The van der Waals surface area contributed by atoms with Gasteiger partial charge in [-0.05, 0) is 38.4 Å². The maximum absolute atomic E-state index is 12.8. The van der Waals surface area contributed by atoms with Crippen LogP contribution in [0.4, 0.5) is 0 Å². The molecule has 3 aliphatic heterocycles. The van der Waals surface area contributed by atoms with Gasteiger partial charge in [0.2, 0.25) is 0 Å². The van der Waals surface area contributed by atoms with Crippen LogP contribution in [-0.2, 0) is 16.1 Å². The number of likely N-dealkylation sites (tertiary alicyclic amines) is 1. The summed E-state index contributed by atoms with van der Waals surface area (Å²) in [7, 11) is 2.11. The zero-order valence-corrected chi connectivity index (χ0v) is 15.0. The van der Waals surface area contributed by atoms with Crippen LogP contribution in [-0.4, -0.2) is 83.6 Å². The molecule has 3 saturated heterocycles. The standard InChI is InChI=1S/C19H28N4O2/c1-21-10-12-22(13-11-21)19(24)18-6-5-16-17(25-18)7-9-23(16)14-15-4-2-3-8-20-15/h2-4,8,16-18H,5-7,9-14H2,1H3/t16-,17-,18+/m1/s1. The highest BCUT2D eigenvalue weighted by atomic mass is 16.5. The Bertz CT molecular complexity index is 588. The highest BCUT2D eigenvalue weighted by Gasteiger charge is 2.42. The van der Waals surface area contributed by atoms with Crippen molar-refractivity contribution in [2.75, 3.05) is 39.8 Å². The summed E-state index contributed by atoms with van der Waals surface area (Å²) in [4.78, 5) is 24.0. The second-order valence-electron chi connectivity index (χ2n) is 7.52. The first kappa shape index (κ1) is 16.9. The van der Waals surface area contributed by atoms with Crippen molar-refractivity contribution in [1.82, 2.24) is 19.7 Å². The molecule has 0 unspecified atom stereocenters. The van der Waals surface area contributed by atoms with Crippen LogP contribution < -0.4 is 0 Å². The molecule has 1 amide bonds. The second-order valence-corrected chi connectivity index (χ2v) is 7.52. The number of carbonyl (C=O) groups excluding carboxylic acids is 1. The number of aromatic nitrogens is 1. The molecule has 0 bridgehead atoms. The summed E-state index contributed by atoms with van der Waals surface area (Å²) in [6.07, 6.45) is 4.71. The molecular weight excluding hydrogens is 316 g/mol. The molecule has 3 aliphatic rings. The van der Waals surface area contributed by atoms with Gasteiger partial charge >= 0.3 is 0 Å². The quantitative estimate of drug-likeness (QED) is 0.818. The van der Waals surface area contributed by atoms with Gasteiger partial charge in [0.25, 0.3) is 5.91 Å². The summed E-state index contributed by atoms with van der Waals surface area (Å²) in [6, 6.07) is 6.50. The average Bonchev–Trinajstić information content (AvgIpc) is 3.05. The fourth-order valence-corrected chi connectivity index (χ4v) is 4.32. The SMILES string of the molecule is CN1CCN(C(=O)[C@@H]2CC[C@@H]3[C@@H](CCN3Cc3ccccn3)O2)CC1. The van der Waals surface area contributed by atoms with Gasteiger partial charge in [-0.3, -0.25) is 14.7 Å². The summed E-state index contributed by atoms with van der Waals surface area (Å²) < 4.78 is 6.25. The first-order chi connectivity index (χ1) is 12.2. The molecule has 0 spiro atoms. The molecule has 25 heavy (non-hydrogen) atoms. The van der Waals surface area contributed by atoms with Crippen LogP contribution in [0.1, 0.15) is 25.0 Å². The lowest BCUT2D eigenvalue weighted by Gasteiger charge is -2.39. The van der Waals surface area contributed by atoms with Crippen molar-refractivity contribution in [2.24, 2.45) is 0 Å². The highest BCUT2D eigenvalue weighted by Crippen LogP contribution is 2.33. The number of rotatable bonds is 3. The van der Waals surface area contributed by atoms with E-state index < -0.39 is 0 Å². The number of likely N-dealkylation sites (N-methyl/N-ethyl adjacent to an activating group) is 1. The van der Waals surface area contributed by atoms with Crippen molar-refractivity contribution in [3.05, 3.63) is 30.1 Å². The van der Waals surface area contributed by atoms with E-state index in [0.29, 0.717) is 6.04 Å². The van der Waals surface area contributed by atoms with Crippen LogP contribution in [0.3, 0.4) is 0 Å². The molecule has 6 nitrogen and oxygen atoms in total. The van der Waals surface area contributed by atoms with E-state index in [0.717, 1.165) is 64.2 Å². The van der Waals surface area contributed by atoms with Crippen molar-refractivity contribution in [1.29, 1.82) is 0 Å². The summed E-state index contributed by atoms with van der Waals surface area (Å²) >= 11 is 0. The van der Waals surface area contributed by atoms with Gasteiger partial charge in [0.15, 0.2) is 0 Å². The largest absolute Gasteiger partial charge is 0.363 e. The molecule has 0 aromatic carbocycles. The Labute approximate surface area is 149 Å². The summed E-state index contributed by atoms with van der Waals surface area (Å²) in [5, 5.41) is 0. The minimum atomic E-state index is -0.237. The summed E-state index contributed by atoms with van der Waals surface area (Å²) in [5.74, 6) is 0.203. The van der Waals surface area contributed by atoms with Gasteiger partial charge in [-0.2, -0.15) is 0 Å². The number of fused-ring (bicyclic) bond motifs is 1. The van der Waals surface area contributed by atoms with E-state index in [1.165, 1.54) is 0 Å². The van der Waals surface area contributed by atoms with Gasteiger partial charge in [-0.15, -0.1) is 0 Å². The lowest BCUT2D eigenvalue weighted by atomic mass is 9.98. The van der Waals surface area contributed by atoms with Crippen molar-refractivity contribution >= 4 is 5.91 Å². The number of hydrogen-bond donors (Lipinski definition) is 0. The first-order valence-electron chi connectivity index (χ1n) is 9.47. The van der Waals surface area contributed by atoms with Crippen LogP contribution in [0, 0.1) is 0 Å². The van der Waals surface area contributed by atoms with E-state index in [1.54, 1.807) is 0 Å². The number of nitrogens with zero attached hydrogens (tertiary/aromatic N) is 4. The third-order valence-corrected chi connectivity index (χ3v) is 5.84. The van der Waals surface area contributed by atoms with E-state index in [9.17, 15) is 4.79 Å². The summed E-state index contributed by atoms with van der Waals surface area (Å²) in [5.41, 5.74) is 1.11. The second kappa shape index (κ2) is 7.40. The average molecular weight is 344 g/mol. The number of carbonyl (C=O) groups is 1. The lowest BCUT2D eigenvalue weighted by molar-refractivity contribution is -0.156. The monoisotopic (exact) mass is 344 g/mol. The molecule has 0 radical (unpaired) electrons. The molecule has 0 saturated carbocycles. The molecule has 0 aliphatic carbocycles. The van der Waals surface area contributed by atoms with E-state index in [-0.39, 0.29) is 18.1 Å². The number of hydrogen-bond acceptors (Lipinski definition) is 5. The van der Waals surface area contributed by atoms with Crippen LogP contribution in [0.5, 0.6) is 0 Å².